The zero-order valence-electron chi connectivity index (χ0n) is 13.5. The molecule has 4 heteroatoms. The van der Waals surface area contributed by atoms with Crippen molar-refractivity contribution in [1.29, 1.82) is 0 Å². The van der Waals surface area contributed by atoms with Crippen LogP contribution in [0, 0.1) is 0 Å². The van der Waals surface area contributed by atoms with Gasteiger partial charge in [0.2, 0.25) is 0 Å². The second-order valence-electron chi connectivity index (χ2n) is 5.83. The third-order valence-corrected chi connectivity index (χ3v) is 3.95. The molecule has 124 valence electrons. The Bertz CT molecular complexity index is 398. The van der Waals surface area contributed by atoms with Crippen LogP contribution in [0.3, 0.4) is 0 Å². The van der Waals surface area contributed by atoms with Gasteiger partial charge in [0, 0.05) is 0 Å². The fourth-order valence-electron chi connectivity index (χ4n) is 2.58. The molecule has 0 aromatic carbocycles. The minimum atomic E-state index is -0.763. The number of hydrogen-bond acceptors (Lipinski definition) is 4. The van der Waals surface area contributed by atoms with Crippen molar-refractivity contribution < 1.29 is 19.4 Å². The van der Waals surface area contributed by atoms with Gasteiger partial charge in [0.1, 0.15) is 18.5 Å². The highest BCUT2D eigenvalue weighted by atomic mass is 16.6. The lowest BCUT2D eigenvalue weighted by molar-refractivity contribution is -0.138. The van der Waals surface area contributed by atoms with Gasteiger partial charge in [-0.25, -0.2) is 4.79 Å². The molecule has 1 fully saturated rings. The Balaban J connectivity index is 1.97. The van der Waals surface area contributed by atoms with Gasteiger partial charge in [-0.3, -0.25) is 4.79 Å². The summed E-state index contributed by atoms with van der Waals surface area (Å²) < 4.78 is 4.96. The van der Waals surface area contributed by atoms with E-state index in [1.807, 2.05) is 12.2 Å². The SMILES string of the molecule is C[C@H]1OC(=O)C(=CCCCCCCCCC/C=C\C=O)[C@@H]1O. The molecule has 0 aromatic rings. The van der Waals surface area contributed by atoms with E-state index in [1.165, 1.54) is 25.7 Å². The first-order valence-corrected chi connectivity index (χ1v) is 8.36. The van der Waals surface area contributed by atoms with Crippen molar-refractivity contribution in [2.24, 2.45) is 0 Å². The minimum Gasteiger partial charge on any atom is -0.456 e. The number of ether oxygens (including phenoxy) is 1. The maximum Gasteiger partial charge on any atom is 0.336 e. The van der Waals surface area contributed by atoms with E-state index in [-0.39, 0.29) is 5.97 Å². The number of aliphatic hydroxyl groups is 1. The van der Waals surface area contributed by atoms with Crippen molar-refractivity contribution in [2.75, 3.05) is 0 Å². The van der Waals surface area contributed by atoms with E-state index in [1.54, 1.807) is 13.0 Å². The molecule has 2 atom stereocenters. The molecule has 0 bridgehead atoms. The minimum absolute atomic E-state index is 0.372. The Hall–Kier alpha value is -1.42. The molecule has 1 rings (SSSR count). The maximum absolute atomic E-state index is 11.5. The normalized spacial score (nSPS) is 23.4. The van der Waals surface area contributed by atoms with E-state index in [4.69, 9.17) is 4.74 Å². The molecule has 0 unspecified atom stereocenters. The molecular weight excluding hydrogens is 280 g/mol. The molecular formula is C18H28O4. The van der Waals surface area contributed by atoms with Crippen molar-refractivity contribution in [3.63, 3.8) is 0 Å². The van der Waals surface area contributed by atoms with Crippen molar-refractivity contribution in [3.8, 4) is 0 Å². The van der Waals surface area contributed by atoms with Gasteiger partial charge >= 0.3 is 5.97 Å². The lowest BCUT2D eigenvalue weighted by Crippen LogP contribution is -2.17. The number of aliphatic hydroxyl groups excluding tert-OH is 1. The van der Waals surface area contributed by atoms with Gasteiger partial charge in [-0.15, -0.1) is 0 Å². The number of allylic oxidation sites excluding steroid dienone is 3. The molecule has 0 radical (unpaired) electrons. The first kappa shape index (κ1) is 18.6. The molecule has 0 aromatic heterocycles. The van der Waals surface area contributed by atoms with Crippen LogP contribution in [0.4, 0.5) is 0 Å². The van der Waals surface area contributed by atoms with Crippen LogP contribution in [-0.2, 0) is 14.3 Å². The summed E-state index contributed by atoms with van der Waals surface area (Å²) in [7, 11) is 0. The third-order valence-electron chi connectivity index (χ3n) is 3.95. The molecule has 4 nitrogen and oxygen atoms in total. The molecule has 0 spiro atoms. The van der Waals surface area contributed by atoms with Gasteiger partial charge in [0.15, 0.2) is 0 Å². The summed E-state index contributed by atoms with van der Waals surface area (Å²) in [5.74, 6) is -0.372. The van der Waals surface area contributed by atoms with Crippen molar-refractivity contribution in [2.45, 2.75) is 76.9 Å². The summed E-state index contributed by atoms with van der Waals surface area (Å²) in [4.78, 5) is 21.5. The number of hydrogen-bond donors (Lipinski definition) is 1. The van der Waals surface area contributed by atoms with Gasteiger partial charge in [-0.1, -0.05) is 44.3 Å². The fraction of sp³-hybridized carbons (Fsp3) is 0.667. The molecule has 0 amide bonds. The largest absolute Gasteiger partial charge is 0.456 e. The molecule has 22 heavy (non-hydrogen) atoms. The number of carbonyl (C=O) groups is 2. The number of carbonyl (C=O) groups excluding carboxylic acids is 2. The second kappa shape index (κ2) is 11.2. The summed E-state index contributed by atoms with van der Waals surface area (Å²) in [5, 5.41) is 9.77. The van der Waals surface area contributed by atoms with E-state index in [0.29, 0.717) is 5.57 Å². The van der Waals surface area contributed by atoms with Gasteiger partial charge in [0.05, 0.1) is 5.57 Å². The quantitative estimate of drug-likeness (QED) is 0.275. The highest BCUT2D eigenvalue weighted by Gasteiger charge is 2.34. The number of esters is 1. The number of aldehydes is 1. The van der Waals surface area contributed by atoms with Crippen LogP contribution in [-0.4, -0.2) is 29.6 Å². The van der Waals surface area contributed by atoms with Crippen LogP contribution in [0.1, 0.15) is 64.7 Å². The summed E-state index contributed by atoms with van der Waals surface area (Å²) in [6.45, 7) is 1.71. The Morgan fingerprint density at radius 2 is 1.64 bits per heavy atom. The van der Waals surface area contributed by atoms with Gasteiger partial charge in [-0.2, -0.15) is 0 Å². The zero-order valence-corrected chi connectivity index (χ0v) is 13.5. The molecule has 1 saturated heterocycles. The predicted octanol–water partition coefficient (Wildman–Crippen LogP) is 3.49. The Kier molecular flexibility index (Phi) is 9.47. The van der Waals surface area contributed by atoms with Gasteiger partial charge < -0.3 is 9.84 Å². The topological polar surface area (TPSA) is 63.6 Å². The Morgan fingerprint density at radius 1 is 1.05 bits per heavy atom. The predicted molar refractivity (Wildman–Crippen MR) is 86.4 cm³/mol. The van der Waals surface area contributed by atoms with Crippen LogP contribution < -0.4 is 0 Å². The number of unbranched alkanes of at least 4 members (excludes halogenated alkanes) is 8. The highest BCUT2D eigenvalue weighted by molar-refractivity contribution is 5.92. The molecule has 1 heterocycles. The van der Waals surface area contributed by atoms with E-state index in [9.17, 15) is 14.7 Å². The van der Waals surface area contributed by atoms with Crippen LogP contribution in [0.2, 0.25) is 0 Å². The summed E-state index contributed by atoms with van der Waals surface area (Å²) in [5.41, 5.74) is 0.427. The van der Waals surface area contributed by atoms with E-state index < -0.39 is 12.2 Å². The number of rotatable bonds is 11. The summed E-state index contributed by atoms with van der Waals surface area (Å²) >= 11 is 0. The fourth-order valence-corrected chi connectivity index (χ4v) is 2.58. The summed E-state index contributed by atoms with van der Waals surface area (Å²) in [6, 6.07) is 0. The summed E-state index contributed by atoms with van der Waals surface area (Å²) in [6.07, 6.45) is 15.0. The smallest absolute Gasteiger partial charge is 0.336 e. The highest BCUT2D eigenvalue weighted by Crippen LogP contribution is 2.22. The first-order valence-electron chi connectivity index (χ1n) is 8.36. The standard InChI is InChI=1S/C18H28O4/c1-15-17(20)16(18(21)22-15)13-11-9-7-5-3-2-4-6-8-10-12-14-19/h10,12-15,17,20H,2-9,11H2,1H3/b12-10-,16-13?/t15-,17-/m1/s1. The van der Waals surface area contributed by atoms with E-state index in [0.717, 1.165) is 38.4 Å². The molecule has 1 aliphatic heterocycles. The van der Waals surface area contributed by atoms with Gasteiger partial charge in [0.25, 0.3) is 0 Å². The molecule has 0 aliphatic carbocycles. The maximum atomic E-state index is 11.5. The van der Waals surface area contributed by atoms with Crippen LogP contribution in [0.5, 0.6) is 0 Å². The van der Waals surface area contributed by atoms with Crippen molar-refractivity contribution >= 4 is 12.3 Å². The van der Waals surface area contributed by atoms with Crippen LogP contribution in [0.15, 0.2) is 23.8 Å². The van der Waals surface area contributed by atoms with Crippen molar-refractivity contribution in [3.05, 3.63) is 23.8 Å². The van der Waals surface area contributed by atoms with Crippen molar-refractivity contribution in [1.82, 2.24) is 0 Å². The first-order chi connectivity index (χ1) is 10.7. The molecule has 1 N–H and O–H groups in total. The van der Waals surface area contributed by atoms with Crippen LogP contribution >= 0.6 is 0 Å². The van der Waals surface area contributed by atoms with Gasteiger partial charge in [-0.05, 0) is 38.7 Å². The average molecular weight is 308 g/mol. The average Bonchev–Trinajstić information content (AvgIpc) is 2.74. The van der Waals surface area contributed by atoms with E-state index in [2.05, 4.69) is 0 Å². The second-order valence-corrected chi connectivity index (χ2v) is 5.83. The monoisotopic (exact) mass is 308 g/mol. The van der Waals surface area contributed by atoms with E-state index >= 15 is 0 Å². The van der Waals surface area contributed by atoms with Crippen LogP contribution in [0.25, 0.3) is 0 Å². The molecule has 0 saturated carbocycles. The molecule has 1 aliphatic rings. The Morgan fingerprint density at radius 3 is 2.18 bits per heavy atom. The zero-order chi connectivity index (χ0) is 16.2. The number of cyclic esters (lactones) is 1. The Labute approximate surface area is 133 Å². The lowest BCUT2D eigenvalue weighted by Gasteiger charge is -2.04. The lowest BCUT2D eigenvalue weighted by atomic mass is 10.0. The third kappa shape index (κ3) is 7.03.